The highest BCUT2D eigenvalue weighted by molar-refractivity contribution is 5.79. The molecule has 1 heterocycles. The van der Waals surface area contributed by atoms with E-state index in [0.717, 1.165) is 19.5 Å². The molecule has 0 spiro atoms. The van der Waals surface area contributed by atoms with Gasteiger partial charge in [-0.3, -0.25) is 9.69 Å². The number of urea groups is 1. The van der Waals surface area contributed by atoms with Crippen LogP contribution in [0.25, 0.3) is 0 Å². The highest BCUT2D eigenvalue weighted by Gasteiger charge is 2.20. The Morgan fingerprint density at radius 2 is 1.94 bits per heavy atom. The second kappa shape index (κ2) is 6.44. The number of hydrogen-bond donors (Lipinski definition) is 2. The lowest BCUT2D eigenvalue weighted by Gasteiger charge is -2.24. The van der Waals surface area contributed by atoms with Crippen molar-refractivity contribution in [1.29, 1.82) is 0 Å². The Morgan fingerprint density at radius 1 is 1.24 bits per heavy atom. The zero-order valence-corrected chi connectivity index (χ0v) is 10.5. The molecule has 0 unspecified atom stereocenters. The van der Waals surface area contributed by atoms with E-state index in [2.05, 4.69) is 24.1 Å². The molecule has 2 amide bonds. The van der Waals surface area contributed by atoms with Crippen molar-refractivity contribution in [2.45, 2.75) is 26.3 Å². The summed E-state index contributed by atoms with van der Waals surface area (Å²) in [6, 6.07) is 0.204. The maximum absolute atomic E-state index is 11.7. The zero-order valence-electron chi connectivity index (χ0n) is 10.5. The average molecular weight is 243 g/mol. The fourth-order valence-electron chi connectivity index (χ4n) is 1.92. The Bertz CT molecular complexity index is 281. The predicted octanol–water partition coefficient (Wildman–Crippen LogP) is 0.197. The second-order valence-corrected chi connectivity index (χ2v) is 4.52. The maximum Gasteiger partial charge on any atom is 0.323 e. The fraction of sp³-hybridized carbons (Fsp3) is 0.818. The molecule has 17 heavy (non-hydrogen) atoms. The van der Waals surface area contributed by atoms with E-state index in [0.29, 0.717) is 19.1 Å². The van der Waals surface area contributed by atoms with Gasteiger partial charge in [0.25, 0.3) is 0 Å². The summed E-state index contributed by atoms with van der Waals surface area (Å²) in [6.45, 7) is 7.14. The first-order valence-corrected chi connectivity index (χ1v) is 5.99. The molecular formula is C11H21N3O3. The van der Waals surface area contributed by atoms with Crippen molar-refractivity contribution in [3.05, 3.63) is 0 Å². The summed E-state index contributed by atoms with van der Waals surface area (Å²) in [6.07, 6.45) is 0.929. The molecule has 0 aromatic rings. The van der Waals surface area contributed by atoms with Crippen LogP contribution in [0.5, 0.6) is 0 Å². The maximum atomic E-state index is 11.7. The van der Waals surface area contributed by atoms with Crippen LogP contribution in [0.3, 0.4) is 0 Å². The molecule has 0 radical (unpaired) electrons. The molecular weight excluding hydrogens is 222 g/mol. The molecule has 1 saturated heterocycles. The summed E-state index contributed by atoms with van der Waals surface area (Å²) >= 11 is 0. The number of aliphatic carboxylic acids is 1. The lowest BCUT2D eigenvalue weighted by Crippen LogP contribution is -2.44. The van der Waals surface area contributed by atoms with Crippen LogP contribution in [-0.4, -0.2) is 65.7 Å². The number of amides is 2. The molecule has 0 bridgehead atoms. The largest absolute Gasteiger partial charge is 0.480 e. The number of carbonyl (C=O) groups is 2. The summed E-state index contributed by atoms with van der Waals surface area (Å²) in [5.41, 5.74) is 0. The Labute approximate surface area is 102 Å². The summed E-state index contributed by atoms with van der Waals surface area (Å²) in [5, 5.41) is 10.9. The van der Waals surface area contributed by atoms with Crippen molar-refractivity contribution < 1.29 is 14.7 Å². The zero-order chi connectivity index (χ0) is 12.8. The van der Waals surface area contributed by atoms with Gasteiger partial charge in [-0.2, -0.15) is 0 Å². The van der Waals surface area contributed by atoms with E-state index in [1.807, 2.05) is 0 Å². The summed E-state index contributed by atoms with van der Waals surface area (Å²) in [5.74, 6) is -1.02. The van der Waals surface area contributed by atoms with E-state index in [-0.39, 0.29) is 12.6 Å². The predicted molar refractivity (Wildman–Crippen MR) is 63.9 cm³/mol. The Balaban J connectivity index is 2.40. The number of hydrogen-bond acceptors (Lipinski definition) is 3. The third-order valence-corrected chi connectivity index (χ3v) is 2.94. The van der Waals surface area contributed by atoms with Crippen LogP contribution < -0.4 is 5.32 Å². The van der Waals surface area contributed by atoms with Crippen LogP contribution in [0.1, 0.15) is 20.3 Å². The molecule has 1 aliphatic heterocycles. The van der Waals surface area contributed by atoms with Gasteiger partial charge in [0.05, 0.1) is 0 Å². The van der Waals surface area contributed by atoms with Gasteiger partial charge in [-0.25, -0.2) is 4.79 Å². The number of rotatable bonds is 3. The lowest BCUT2D eigenvalue weighted by atomic mass is 10.3. The van der Waals surface area contributed by atoms with Crippen LogP contribution in [0, 0.1) is 0 Å². The van der Waals surface area contributed by atoms with E-state index in [1.165, 1.54) is 0 Å². The molecule has 1 aliphatic rings. The van der Waals surface area contributed by atoms with Crippen LogP contribution in [0.15, 0.2) is 0 Å². The SMILES string of the molecule is CC(C)N1CCCN(C(=O)NCC(=O)O)CC1. The lowest BCUT2D eigenvalue weighted by molar-refractivity contribution is -0.135. The summed E-state index contributed by atoms with van der Waals surface area (Å²) in [4.78, 5) is 26.0. The van der Waals surface area contributed by atoms with Gasteiger partial charge in [-0.05, 0) is 20.3 Å². The van der Waals surface area contributed by atoms with Gasteiger partial charge in [0.1, 0.15) is 6.54 Å². The summed E-state index contributed by atoms with van der Waals surface area (Å²) < 4.78 is 0. The quantitative estimate of drug-likeness (QED) is 0.742. The van der Waals surface area contributed by atoms with Crippen LogP contribution >= 0.6 is 0 Å². The molecule has 98 valence electrons. The van der Waals surface area contributed by atoms with Gasteiger partial charge in [0.2, 0.25) is 0 Å². The van der Waals surface area contributed by atoms with E-state index < -0.39 is 5.97 Å². The Morgan fingerprint density at radius 3 is 2.53 bits per heavy atom. The minimum Gasteiger partial charge on any atom is -0.480 e. The Hall–Kier alpha value is -1.30. The molecule has 0 aromatic carbocycles. The van der Waals surface area contributed by atoms with E-state index >= 15 is 0 Å². The van der Waals surface area contributed by atoms with Gasteiger partial charge in [0.15, 0.2) is 0 Å². The minimum atomic E-state index is -1.02. The molecule has 1 fully saturated rings. The Kier molecular flexibility index (Phi) is 5.21. The van der Waals surface area contributed by atoms with Crippen LogP contribution in [-0.2, 0) is 4.79 Å². The van der Waals surface area contributed by atoms with Crippen molar-refractivity contribution in [3.8, 4) is 0 Å². The van der Waals surface area contributed by atoms with Gasteiger partial charge in [0, 0.05) is 32.2 Å². The minimum absolute atomic E-state index is 0.280. The van der Waals surface area contributed by atoms with Gasteiger partial charge >= 0.3 is 12.0 Å². The molecule has 0 aromatic heterocycles. The third kappa shape index (κ3) is 4.60. The highest BCUT2D eigenvalue weighted by Crippen LogP contribution is 2.06. The standard InChI is InChI=1S/C11H21N3O3/c1-9(2)13-4-3-5-14(7-6-13)11(17)12-8-10(15)16/h9H,3-8H2,1-2H3,(H,12,17)(H,15,16). The normalized spacial score (nSPS) is 17.9. The van der Waals surface area contributed by atoms with Crippen LogP contribution in [0.2, 0.25) is 0 Å². The molecule has 1 rings (SSSR count). The number of carbonyl (C=O) groups excluding carboxylic acids is 1. The monoisotopic (exact) mass is 243 g/mol. The molecule has 6 nitrogen and oxygen atoms in total. The number of carboxylic acids is 1. The average Bonchev–Trinajstić information content (AvgIpc) is 2.51. The fourth-order valence-corrected chi connectivity index (χ4v) is 1.92. The first-order chi connectivity index (χ1) is 8.00. The number of carboxylic acid groups (broad SMARTS) is 1. The van der Waals surface area contributed by atoms with Gasteiger partial charge < -0.3 is 15.3 Å². The van der Waals surface area contributed by atoms with Crippen molar-refractivity contribution in [3.63, 3.8) is 0 Å². The molecule has 0 aliphatic carbocycles. The van der Waals surface area contributed by atoms with E-state index in [1.54, 1.807) is 4.90 Å². The van der Waals surface area contributed by atoms with E-state index in [9.17, 15) is 9.59 Å². The van der Waals surface area contributed by atoms with Crippen molar-refractivity contribution >= 4 is 12.0 Å². The first kappa shape index (κ1) is 13.8. The summed E-state index contributed by atoms with van der Waals surface area (Å²) in [7, 11) is 0. The third-order valence-electron chi connectivity index (χ3n) is 2.94. The molecule has 0 atom stereocenters. The van der Waals surface area contributed by atoms with Crippen molar-refractivity contribution in [2.75, 3.05) is 32.7 Å². The molecule has 2 N–H and O–H groups in total. The number of nitrogens with zero attached hydrogens (tertiary/aromatic N) is 2. The van der Waals surface area contributed by atoms with E-state index in [4.69, 9.17) is 5.11 Å². The smallest absolute Gasteiger partial charge is 0.323 e. The van der Waals surface area contributed by atoms with Crippen molar-refractivity contribution in [1.82, 2.24) is 15.1 Å². The second-order valence-electron chi connectivity index (χ2n) is 4.52. The topological polar surface area (TPSA) is 72.9 Å². The van der Waals surface area contributed by atoms with Crippen LogP contribution in [0.4, 0.5) is 4.79 Å². The van der Waals surface area contributed by atoms with Gasteiger partial charge in [-0.15, -0.1) is 0 Å². The first-order valence-electron chi connectivity index (χ1n) is 5.99. The van der Waals surface area contributed by atoms with Gasteiger partial charge in [-0.1, -0.05) is 0 Å². The highest BCUT2D eigenvalue weighted by atomic mass is 16.4. The molecule has 0 saturated carbocycles. The number of nitrogens with one attached hydrogen (secondary N) is 1. The van der Waals surface area contributed by atoms with Crippen molar-refractivity contribution in [2.24, 2.45) is 0 Å². The molecule has 6 heteroatoms.